The highest BCUT2D eigenvalue weighted by atomic mass is 16.3. The van der Waals surface area contributed by atoms with E-state index in [1.54, 1.807) is 18.7 Å². The second kappa shape index (κ2) is 7.50. The first kappa shape index (κ1) is 15.9. The molecule has 24 heavy (non-hydrogen) atoms. The fraction of sp³-hybridized carbons (Fsp3) is 0.222. The van der Waals surface area contributed by atoms with E-state index in [1.807, 2.05) is 31.2 Å². The van der Waals surface area contributed by atoms with Crippen LogP contribution in [0.1, 0.15) is 29.5 Å². The van der Waals surface area contributed by atoms with Gasteiger partial charge in [-0.05, 0) is 37.6 Å². The number of carbonyl (C=O) groups excluding carboxylic acids is 1. The third kappa shape index (κ3) is 4.04. The Labute approximate surface area is 140 Å². The molecule has 0 aliphatic rings. The maximum atomic E-state index is 12.2. The minimum Gasteiger partial charge on any atom is -0.469 e. The fourth-order valence-corrected chi connectivity index (χ4v) is 2.28. The number of aryl methyl sites for hydroxylation is 1. The number of rotatable bonds is 6. The summed E-state index contributed by atoms with van der Waals surface area (Å²) < 4.78 is 5.29. The number of aromatic nitrogens is 3. The van der Waals surface area contributed by atoms with Crippen LogP contribution in [0.5, 0.6) is 0 Å². The van der Waals surface area contributed by atoms with Crippen molar-refractivity contribution in [3.8, 4) is 11.4 Å². The van der Waals surface area contributed by atoms with Crippen LogP contribution in [0.4, 0.5) is 0 Å². The standard InChI is InChI=1S/C18H18N4O2/c1-13(6-7-16-5-3-9-24-16)22-18(23)15-11-20-17(21-12-15)14-4-2-8-19-10-14/h2-5,8-13H,6-7H2,1H3,(H,22,23). The van der Waals surface area contributed by atoms with Crippen LogP contribution in [0.25, 0.3) is 11.4 Å². The zero-order valence-electron chi connectivity index (χ0n) is 13.3. The van der Waals surface area contributed by atoms with Crippen molar-refractivity contribution in [2.24, 2.45) is 0 Å². The van der Waals surface area contributed by atoms with Crippen LogP contribution in [0.15, 0.2) is 59.7 Å². The van der Waals surface area contributed by atoms with Gasteiger partial charge in [-0.25, -0.2) is 9.97 Å². The second-order valence-electron chi connectivity index (χ2n) is 5.53. The summed E-state index contributed by atoms with van der Waals surface area (Å²) in [5.74, 6) is 1.28. The molecule has 0 radical (unpaired) electrons. The van der Waals surface area contributed by atoms with Gasteiger partial charge in [-0.15, -0.1) is 0 Å². The molecule has 1 N–H and O–H groups in total. The van der Waals surface area contributed by atoms with Crippen molar-refractivity contribution in [3.63, 3.8) is 0 Å². The molecule has 0 fully saturated rings. The van der Waals surface area contributed by atoms with Gasteiger partial charge < -0.3 is 9.73 Å². The average molecular weight is 322 g/mol. The van der Waals surface area contributed by atoms with Crippen LogP contribution in [0.3, 0.4) is 0 Å². The normalized spacial score (nSPS) is 11.9. The van der Waals surface area contributed by atoms with E-state index in [9.17, 15) is 4.79 Å². The molecule has 0 spiro atoms. The van der Waals surface area contributed by atoms with Gasteiger partial charge in [-0.3, -0.25) is 9.78 Å². The Bertz CT molecular complexity index is 771. The molecule has 3 aromatic rings. The van der Waals surface area contributed by atoms with Crippen molar-refractivity contribution in [1.82, 2.24) is 20.3 Å². The zero-order valence-corrected chi connectivity index (χ0v) is 13.3. The smallest absolute Gasteiger partial charge is 0.254 e. The number of pyridine rings is 1. The average Bonchev–Trinajstić information content (AvgIpc) is 3.14. The molecule has 6 nitrogen and oxygen atoms in total. The first-order valence-electron chi connectivity index (χ1n) is 7.78. The number of nitrogens with one attached hydrogen (secondary N) is 1. The molecule has 0 bridgehead atoms. The summed E-state index contributed by atoms with van der Waals surface area (Å²) in [5.41, 5.74) is 1.25. The highest BCUT2D eigenvalue weighted by molar-refractivity contribution is 5.93. The van der Waals surface area contributed by atoms with E-state index in [1.165, 1.54) is 12.4 Å². The highest BCUT2D eigenvalue weighted by Gasteiger charge is 2.12. The van der Waals surface area contributed by atoms with E-state index in [-0.39, 0.29) is 11.9 Å². The van der Waals surface area contributed by atoms with E-state index >= 15 is 0 Å². The summed E-state index contributed by atoms with van der Waals surface area (Å²) in [4.78, 5) is 24.7. The molecule has 3 aromatic heterocycles. The Morgan fingerprint density at radius 1 is 1.21 bits per heavy atom. The first-order chi connectivity index (χ1) is 11.7. The summed E-state index contributed by atoms with van der Waals surface area (Å²) in [6, 6.07) is 7.51. The molecule has 6 heteroatoms. The zero-order chi connectivity index (χ0) is 16.8. The van der Waals surface area contributed by atoms with Crippen molar-refractivity contribution in [3.05, 3.63) is 66.6 Å². The van der Waals surface area contributed by atoms with E-state index in [4.69, 9.17) is 4.42 Å². The number of hydrogen-bond donors (Lipinski definition) is 1. The Balaban J connectivity index is 1.56. The van der Waals surface area contributed by atoms with Crippen molar-refractivity contribution < 1.29 is 9.21 Å². The van der Waals surface area contributed by atoms with E-state index in [0.717, 1.165) is 24.2 Å². The number of nitrogens with zero attached hydrogens (tertiary/aromatic N) is 3. The maximum Gasteiger partial charge on any atom is 0.254 e. The van der Waals surface area contributed by atoms with Crippen LogP contribution in [-0.2, 0) is 6.42 Å². The molecule has 0 saturated carbocycles. The molecule has 122 valence electrons. The molecule has 0 aliphatic carbocycles. The molecule has 3 heterocycles. The molecule has 0 saturated heterocycles. The Morgan fingerprint density at radius 3 is 2.71 bits per heavy atom. The lowest BCUT2D eigenvalue weighted by molar-refractivity contribution is 0.0937. The first-order valence-corrected chi connectivity index (χ1v) is 7.78. The molecule has 1 amide bonds. The van der Waals surface area contributed by atoms with E-state index in [2.05, 4.69) is 20.3 Å². The number of amides is 1. The molecule has 1 unspecified atom stereocenters. The van der Waals surface area contributed by atoms with Crippen molar-refractivity contribution >= 4 is 5.91 Å². The molecule has 0 aromatic carbocycles. The largest absolute Gasteiger partial charge is 0.469 e. The Morgan fingerprint density at radius 2 is 2.04 bits per heavy atom. The van der Waals surface area contributed by atoms with Crippen LogP contribution >= 0.6 is 0 Å². The summed E-state index contributed by atoms with van der Waals surface area (Å²) in [7, 11) is 0. The van der Waals surface area contributed by atoms with Gasteiger partial charge >= 0.3 is 0 Å². The van der Waals surface area contributed by atoms with Gasteiger partial charge in [0.05, 0.1) is 11.8 Å². The summed E-state index contributed by atoms with van der Waals surface area (Å²) in [6.45, 7) is 1.96. The third-order valence-electron chi connectivity index (χ3n) is 3.62. The molecule has 1 atom stereocenters. The van der Waals surface area contributed by atoms with Gasteiger partial charge in [0, 0.05) is 42.8 Å². The SMILES string of the molecule is CC(CCc1ccco1)NC(=O)c1cnc(-c2cccnc2)nc1. The molecule has 0 aliphatic heterocycles. The predicted octanol–water partition coefficient (Wildman–Crippen LogP) is 2.88. The van der Waals surface area contributed by atoms with Gasteiger partial charge in [-0.2, -0.15) is 0 Å². The number of carbonyl (C=O) groups is 1. The number of hydrogen-bond acceptors (Lipinski definition) is 5. The Kier molecular flexibility index (Phi) is 4.96. The monoisotopic (exact) mass is 322 g/mol. The quantitative estimate of drug-likeness (QED) is 0.754. The minimum atomic E-state index is -0.181. The van der Waals surface area contributed by atoms with Gasteiger partial charge in [0.15, 0.2) is 5.82 Å². The fourth-order valence-electron chi connectivity index (χ4n) is 2.28. The van der Waals surface area contributed by atoms with Crippen LogP contribution < -0.4 is 5.32 Å². The molecular weight excluding hydrogens is 304 g/mol. The van der Waals surface area contributed by atoms with Crippen molar-refractivity contribution in [2.75, 3.05) is 0 Å². The molecule has 3 rings (SSSR count). The van der Waals surface area contributed by atoms with Crippen LogP contribution in [-0.4, -0.2) is 26.9 Å². The summed E-state index contributed by atoms with van der Waals surface area (Å²) in [5, 5.41) is 2.94. The third-order valence-corrected chi connectivity index (χ3v) is 3.62. The minimum absolute atomic E-state index is 0.0283. The van der Waals surface area contributed by atoms with E-state index in [0.29, 0.717) is 11.4 Å². The lowest BCUT2D eigenvalue weighted by atomic mass is 10.1. The lowest BCUT2D eigenvalue weighted by Gasteiger charge is -2.13. The Hall–Kier alpha value is -3.02. The van der Waals surface area contributed by atoms with E-state index < -0.39 is 0 Å². The molecular formula is C18H18N4O2. The van der Waals surface area contributed by atoms with Gasteiger partial charge in [0.25, 0.3) is 5.91 Å². The van der Waals surface area contributed by atoms with Gasteiger partial charge in [-0.1, -0.05) is 0 Å². The second-order valence-corrected chi connectivity index (χ2v) is 5.53. The van der Waals surface area contributed by atoms with Crippen molar-refractivity contribution in [1.29, 1.82) is 0 Å². The van der Waals surface area contributed by atoms with Gasteiger partial charge in [0.2, 0.25) is 0 Å². The number of furan rings is 1. The van der Waals surface area contributed by atoms with Gasteiger partial charge in [0.1, 0.15) is 5.76 Å². The topological polar surface area (TPSA) is 80.9 Å². The van der Waals surface area contributed by atoms with Crippen LogP contribution in [0, 0.1) is 0 Å². The predicted molar refractivity (Wildman–Crippen MR) is 89.2 cm³/mol. The summed E-state index contributed by atoms with van der Waals surface area (Å²) >= 11 is 0. The highest BCUT2D eigenvalue weighted by Crippen LogP contribution is 2.12. The lowest BCUT2D eigenvalue weighted by Crippen LogP contribution is -2.33. The maximum absolute atomic E-state index is 12.2. The van der Waals surface area contributed by atoms with Crippen LogP contribution in [0.2, 0.25) is 0 Å². The van der Waals surface area contributed by atoms with Crippen molar-refractivity contribution in [2.45, 2.75) is 25.8 Å². The summed E-state index contributed by atoms with van der Waals surface area (Å²) in [6.07, 6.45) is 9.67.